The molecule has 0 radical (unpaired) electrons. The lowest BCUT2D eigenvalue weighted by Crippen LogP contribution is -2.31. The maximum absolute atomic E-state index is 12.6. The lowest BCUT2D eigenvalue weighted by molar-refractivity contribution is -0.121. The highest BCUT2D eigenvalue weighted by atomic mass is 16.3. The van der Waals surface area contributed by atoms with Gasteiger partial charge in [0.15, 0.2) is 12.2 Å². The maximum Gasteiger partial charge on any atom is 0.224 e. The smallest absolute Gasteiger partial charge is 0.224 e. The molecule has 1 atom stereocenters. The minimum absolute atomic E-state index is 0.0458. The van der Waals surface area contributed by atoms with Crippen LogP contribution in [0.5, 0.6) is 0 Å². The van der Waals surface area contributed by atoms with Crippen LogP contribution in [0, 0.1) is 6.92 Å². The van der Waals surface area contributed by atoms with Gasteiger partial charge in [-0.1, -0.05) is 45.0 Å². The summed E-state index contributed by atoms with van der Waals surface area (Å²) in [5.41, 5.74) is 4.57. The molecular formula is C24H29N3O3. The number of aryl methyl sites for hydroxylation is 1. The third kappa shape index (κ3) is 5.33. The Balaban J connectivity index is 1.67. The van der Waals surface area contributed by atoms with Crippen molar-refractivity contribution in [3.05, 3.63) is 71.5 Å². The summed E-state index contributed by atoms with van der Waals surface area (Å²) in [6, 6.07) is 11.5. The quantitative estimate of drug-likeness (QED) is 0.615. The normalized spacial score (nSPS) is 12.6. The van der Waals surface area contributed by atoms with Crippen LogP contribution in [-0.4, -0.2) is 27.6 Å². The Morgan fingerprint density at radius 3 is 2.40 bits per heavy atom. The van der Waals surface area contributed by atoms with Crippen molar-refractivity contribution >= 4 is 5.91 Å². The van der Waals surface area contributed by atoms with Crippen molar-refractivity contribution < 1.29 is 14.3 Å². The zero-order valence-electron chi connectivity index (χ0n) is 18.0. The second-order valence-electron chi connectivity index (χ2n) is 8.49. The number of aromatic nitrogens is 2. The number of carbonyl (C=O) groups excluding carboxylic acids is 1. The van der Waals surface area contributed by atoms with E-state index in [9.17, 15) is 9.90 Å². The number of benzene rings is 1. The molecule has 2 heterocycles. The highest BCUT2D eigenvalue weighted by Crippen LogP contribution is 2.24. The molecule has 0 aliphatic rings. The molecule has 158 valence electrons. The molecule has 2 N–H and O–H groups in total. The highest BCUT2D eigenvalue weighted by molar-refractivity contribution is 5.79. The molecule has 30 heavy (non-hydrogen) atoms. The third-order valence-corrected chi connectivity index (χ3v) is 5.09. The average Bonchev–Trinajstić information content (AvgIpc) is 3.13. The van der Waals surface area contributed by atoms with Gasteiger partial charge in [0.05, 0.1) is 23.9 Å². The van der Waals surface area contributed by atoms with Crippen LogP contribution in [0.4, 0.5) is 0 Å². The summed E-state index contributed by atoms with van der Waals surface area (Å²) in [6.45, 7) is 8.31. The maximum atomic E-state index is 12.6. The van der Waals surface area contributed by atoms with Crippen LogP contribution in [0.3, 0.4) is 0 Å². The number of amides is 1. The monoisotopic (exact) mass is 407 g/mol. The molecule has 0 spiro atoms. The minimum Gasteiger partial charge on any atom is -0.443 e. The summed E-state index contributed by atoms with van der Waals surface area (Å²) in [5, 5.41) is 12.4. The Hall–Kier alpha value is -2.99. The van der Waals surface area contributed by atoms with Crippen LogP contribution in [0.15, 0.2) is 53.4 Å². The van der Waals surface area contributed by atoms with Gasteiger partial charge in [-0.25, -0.2) is 4.98 Å². The molecule has 3 rings (SSSR count). The van der Waals surface area contributed by atoms with E-state index < -0.39 is 0 Å². The molecule has 0 aliphatic carbocycles. The van der Waals surface area contributed by atoms with Gasteiger partial charge >= 0.3 is 0 Å². The van der Waals surface area contributed by atoms with E-state index in [0.29, 0.717) is 17.9 Å². The Labute approximate surface area is 177 Å². The zero-order valence-corrected chi connectivity index (χ0v) is 18.0. The molecule has 1 aromatic carbocycles. The fraction of sp³-hybridized carbons (Fsp3) is 0.375. The van der Waals surface area contributed by atoms with Crippen molar-refractivity contribution in [2.45, 2.75) is 52.0 Å². The van der Waals surface area contributed by atoms with E-state index in [0.717, 1.165) is 16.8 Å². The molecular weight excluding hydrogens is 378 g/mol. The van der Waals surface area contributed by atoms with E-state index >= 15 is 0 Å². The Morgan fingerprint density at radius 1 is 1.13 bits per heavy atom. The third-order valence-electron chi connectivity index (χ3n) is 5.09. The van der Waals surface area contributed by atoms with Gasteiger partial charge in [-0.05, 0) is 42.0 Å². The number of aliphatic hydroxyl groups is 1. The first-order valence-corrected chi connectivity index (χ1v) is 10.1. The summed E-state index contributed by atoms with van der Waals surface area (Å²) in [6.07, 6.45) is 3.77. The van der Waals surface area contributed by atoms with Crippen LogP contribution < -0.4 is 5.32 Å². The molecule has 0 saturated carbocycles. The predicted octanol–water partition coefficient (Wildman–Crippen LogP) is 4.12. The summed E-state index contributed by atoms with van der Waals surface area (Å²) in [7, 11) is 0. The molecule has 3 aromatic rings. The highest BCUT2D eigenvalue weighted by Gasteiger charge is 2.18. The Bertz CT molecular complexity index is 970. The number of hydrogen-bond acceptors (Lipinski definition) is 5. The van der Waals surface area contributed by atoms with Crippen LogP contribution in [0.2, 0.25) is 0 Å². The first-order valence-electron chi connectivity index (χ1n) is 10.1. The number of oxazole rings is 1. The summed E-state index contributed by atoms with van der Waals surface area (Å²) >= 11 is 0. The van der Waals surface area contributed by atoms with Gasteiger partial charge < -0.3 is 14.8 Å². The number of nitrogens with zero attached hydrogens (tertiary/aromatic N) is 2. The van der Waals surface area contributed by atoms with E-state index in [1.807, 2.05) is 31.2 Å². The summed E-state index contributed by atoms with van der Waals surface area (Å²) < 4.78 is 5.40. The topological polar surface area (TPSA) is 88.3 Å². The molecule has 2 aromatic heterocycles. The molecule has 0 saturated heterocycles. The minimum atomic E-state index is -0.360. The summed E-state index contributed by atoms with van der Waals surface area (Å²) in [5.74, 6) is 0.574. The zero-order chi connectivity index (χ0) is 21.7. The molecule has 6 heteroatoms. The Morgan fingerprint density at radius 2 is 1.87 bits per heavy atom. The van der Waals surface area contributed by atoms with Gasteiger partial charge in [-0.2, -0.15) is 0 Å². The number of hydrogen-bond donors (Lipinski definition) is 2. The SMILES string of the molecule is Cc1ncoc1-c1ccc([C@@H](CCO)NC(=O)Cc2ccc(C(C)(C)C)cc2)nc1. The van der Waals surface area contributed by atoms with Gasteiger partial charge in [0.1, 0.15) is 0 Å². The van der Waals surface area contributed by atoms with Crippen molar-refractivity contribution in [3.8, 4) is 11.3 Å². The standard InChI is InChI=1S/C24H29N3O3/c1-16-23(30-15-26-16)18-7-10-20(25-14-18)21(11-12-28)27-22(29)13-17-5-8-19(9-6-17)24(2,3)4/h5-10,14-15,21,28H,11-13H2,1-4H3,(H,27,29)/t21-/m1/s1. The van der Waals surface area contributed by atoms with Crippen LogP contribution in [0.1, 0.15) is 55.7 Å². The second-order valence-corrected chi connectivity index (χ2v) is 8.49. The van der Waals surface area contributed by atoms with Crippen LogP contribution in [-0.2, 0) is 16.6 Å². The Kier molecular flexibility index (Phi) is 6.67. The van der Waals surface area contributed by atoms with Crippen LogP contribution in [0.25, 0.3) is 11.3 Å². The molecule has 1 amide bonds. The lowest BCUT2D eigenvalue weighted by atomic mass is 9.86. The van der Waals surface area contributed by atoms with Crippen molar-refractivity contribution in [3.63, 3.8) is 0 Å². The fourth-order valence-electron chi connectivity index (χ4n) is 3.30. The molecule has 0 fully saturated rings. The van der Waals surface area contributed by atoms with E-state index in [1.165, 1.54) is 12.0 Å². The summed E-state index contributed by atoms with van der Waals surface area (Å²) in [4.78, 5) is 21.2. The number of aliphatic hydroxyl groups excluding tert-OH is 1. The fourth-order valence-corrected chi connectivity index (χ4v) is 3.30. The van der Waals surface area contributed by atoms with E-state index in [-0.39, 0.29) is 30.4 Å². The first kappa shape index (κ1) is 21.7. The average molecular weight is 408 g/mol. The van der Waals surface area contributed by atoms with Crippen molar-refractivity contribution in [1.82, 2.24) is 15.3 Å². The molecule has 0 unspecified atom stereocenters. The van der Waals surface area contributed by atoms with Gasteiger partial charge in [0.2, 0.25) is 5.91 Å². The van der Waals surface area contributed by atoms with Crippen molar-refractivity contribution in [2.75, 3.05) is 6.61 Å². The van der Waals surface area contributed by atoms with E-state index in [4.69, 9.17) is 4.42 Å². The van der Waals surface area contributed by atoms with Crippen molar-refractivity contribution in [1.29, 1.82) is 0 Å². The lowest BCUT2D eigenvalue weighted by Gasteiger charge is -2.20. The largest absolute Gasteiger partial charge is 0.443 e. The van der Waals surface area contributed by atoms with Crippen molar-refractivity contribution in [2.24, 2.45) is 0 Å². The number of carbonyl (C=O) groups is 1. The van der Waals surface area contributed by atoms with Gasteiger partial charge in [0, 0.05) is 18.4 Å². The predicted molar refractivity (Wildman–Crippen MR) is 116 cm³/mol. The number of pyridine rings is 1. The van der Waals surface area contributed by atoms with Gasteiger partial charge in [-0.3, -0.25) is 9.78 Å². The number of nitrogens with one attached hydrogen (secondary N) is 1. The van der Waals surface area contributed by atoms with Crippen LogP contribution >= 0.6 is 0 Å². The molecule has 6 nitrogen and oxygen atoms in total. The van der Waals surface area contributed by atoms with Gasteiger partial charge in [0.25, 0.3) is 0 Å². The number of rotatable bonds is 7. The second kappa shape index (κ2) is 9.22. The van der Waals surface area contributed by atoms with E-state index in [2.05, 4.69) is 48.2 Å². The van der Waals surface area contributed by atoms with Gasteiger partial charge in [-0.15, -0.1) is 0 Å². The van der Waals surface area contributed by atoms with E-state index in [1.54, 1.807) is 6.20 Å². The molecule has 0 bridgehead atoms. The molecule has 0 aliphatic heterocycles. The first-order chi connectivity index (χ1) is 14.3.